The number of thiocarbonyl (C=S) groups is 1. The molecule has 0 fully saturated rings. The second-order valence-electron chi connectivity index (χ2n) is 4.15. The molecule has 0 spiro atoms. The Kier molecular flexibility index (Phi) is 4.39. The van der Waals surface area contributed by atoms with Gasteiger partial charge in [0.2, 0.25) is 0 Å². The van der Waals surface area contributed by atoms with E-state index in [4.69, 9.17) is 18.0 Å². The van der Waals surface area contributed by atoms with Crippen LogP contribution in [0.5, 0.6) is 0 Å². The Morgan fingerprint density at radius 2 is 2.21 bits per heavy atom. The van der Waals surface area contributed by atoms with Crippen molar-refractivity contribution in [2.45, 2.75) is 20.3 Å². The van der Waals surface area contributed by atoms with Gasteiger partial charge in [0, 0.05) is 18.3 Å². The van der Waals surface area contributed by atoms with E-state index in [1.165, 1.54) is 0 Å². The van der Waals surface area contributed by atoms with E-state index < -0.39 is 0 Å². The zero-order chi connectivity index (χ0) is 13.8. The van der Waals surface area contributed by atoms with Crippen LogP contribution in [0.2, 0.25) is 0 Å². The van der Waals surface area contributed by atoms with Gasteiger partial charge in [0.25, 0.3) is 0 Å². The number of anilines is 1. The van der Waals surface area contributed by atoms with Crippen molar-refractivity contribution in [3.05, 3.63) is 33.4 Å². The summed E-state index contributed by atoms with van der Waals surface area (Å²) in [6.07, 6.45) is 0.828. The van der Waals surface area contributed by atoms with Crippen LogP contribution < -0.4 is 11.1 Å². The lowest BCUT2D eigenvalue weighted by atomic mass is 10.1. The highest BCUT2D eigenvalue weighted by molar-refractivity contribution is 7.80. The maximum atomic E-state index is 5.76. The third kappa shape index (κ3) is 3.24. The van der Waals surface area contributed by atoms with Crippen LogP contribution in [-0.4, -0.2) is 26.7 Å². The Hall–Kier alpha value is -1.60. The van der Waals surface area contributed by atoms with Crippen LogP contribution in [0.15, 0.2) is 10.9 Å². The molecule has 0 amide bonds. The number of rotatable bonds is 5. The average Bonchev–Trinajstić information content (AvgIpc) is 2.86. The molecular weight excluding hydrogens is 278 g/mol. The van der Waals surface area contributed by atoms with E-state index in [2.05, 4.69) is 20.5 Å². The fourth-order valence-electron chi connectivity index (χ4n) is 1.70. The largest absolute Gasteiger partial charge is 0.389 e. The highest BCUT2D eigenvalue weighted by Crippen LogP contribution is 2.18. The lowest BCUT2D eigenvalue weighted by Gasteiger charge is -2.12. The van der Waals surface area contributed by atoms with Crippen LogP contribution in [0.4, 0.5) is 5.82 Å². The summed E-state index contributed by atoms with van der Waals surface area (Å²) in [7, 11) is 0. The molecule has 2 heterocycles. The summed E-state index contributed by atoms with van der Waals surface area (Å²) in [6, 6.07) is 0. The van der Waals surface area contributed by atoms with Gasteiger partial charge < -0.3 is 11.1 Å². The van der Waals surface area contributed by atoms with Gasteiger partial charge in [-0.15, -0.1) is 16.4 Å². The summed E-state index contributed by atoms with van der Waals surface area (Å²) < 4.78 is 0. The molecule has 0 aliphatic rings. The summed E-state index contributed by atoms with van der Waals surface area (Å²) in [6.45, 7) is 4.56. The van der Waals surface area contributed by atoms with Crippen molar-refractivity contribution in [2.24, 2.45) is 5.73 Å². The molecule has 5 nitrogen and oxygen atoms in total. The zero-order valence-corrected chi connectivity index (χ0v) is 12.4. The first-order chi connectivity index (χ1) is 9.09. The number of aromatic nitrogens is 3. The highest BCUT2D eigenvalue weighted by atomic mass is 32.1. The first kappa shape index (κ1) is 13.8. The minimum atomic E-state index is 0.339. The molecule has 0 saturated carbocycles. The predicted octanol–water partition coefficient (Wildman–Crippen LogP) is 1.84. The molecule has 0 aliphatic heterocycles. The molecule has 7 heteroatoms. The third-order valence-electron chi connectivity index (χ3n) is 2.86. The summed E-state index contributed by atoms with van der Waals surface area (Å²) in [5.74, 6) is 0.644. The van der Waals surface area contributed by atoms with Crippen LogP contribution >= 0.6 is 23.6 Å². The minimum absolute atomic E-state index is 0.339. The minimum Gasteiger partial charge on any atom is -0.389 e. The number of hydrogen-bond donors (Lipinski definition) is 2. The number of aryl methyl sites for hydroxylation is 1. The van der Waals surface area contributed by atoms with Crippen LogP contribution in [0.1, 0.15) is 22.5 Å². The monoisotopic (exact) mass is 293 g/mol. The van der Waals surface area contributed by atoms with Crippen molar-refractivity contribution in [1.82, 2.24) is 15.2 Å². The number of hydrogen-bond acceptors (Lipinski definition) is 6. The molecule has 0 radical (unpaired) electrons. The predicted molar refractivity (Wildman–Crippen MR) is 81.7 cm³/mol. The molecule has 0 atom stereocenters. The van der Waals surface area contributed by atoms with Crippen molar-refractivity contribution >= 4 is 34.4 Å². The Balaban J connectivity index is 2.11. The Morgan fingerprint density at radius 1 is 1.42 bits per heavy atom. The summed E-state index contributed by atoms with van der Waals surface area (Å²) in [5.41, 5.74) is 11.2. The van der Waals surface area contributed by atoms with E-state index >= 15 is 0 Å². The molecule has 0 saturated heterocycles. The molecule has 3 N–H and O–H groups in total. The molecule has 0 unspecified atom stereocenters. The van der Waals surface area contributed by atoms with E-state index in [0.717, 1.165) is 35.5 Å². The molecule has 2 rings (SSSR count). The first-order valence-corrected chi connectivity index (χ1v) is 7.19. The van der Waals surface area contributed by atoms with E-state index in [-0.39, 0.29) is 0 Å². The SMILES string of the molecule is Cc1nnc(NCCc2cscn2)c(C(N)=S)c1C. The molecule has 0 aromatic carbocycles. The van der Waals surface area contributed by atoms with Gasteiger partial charge in [-0.1, -0.05) is 12.2 Å². The Bertz CT molecular complexity index is 580. The van der Waals surface area contributed by atoms with E-state index in [1.54, 1.807) is 11.3 Å². The second kappa shape index (κ2) is 6.03. The fraction of sp³-hybridized carbons (Fsp3) is 0.333. The van der Waals surface area contributed by atoms with Gasteiger partial charge in [-0.25, -0.2) is 4.98 Å². The van der Waals surface area contributed by atoms with E-state index in [1.807, 2.05) is 24.7 Å². The smallest absolute Gasteiger partial charge is 0.159 e. The van der Waals surface area contributed by atoms with Crippen molar-refractivity contribution in [1.29, 1.82) is 0 Å². The molecule has 2 aromatic heterocycles. The number of nitrogens with zero attached hydrogens (tertiary/aromatic N) is 3. The third-order valence-corrected chi connectivity index (χ3v) is 3.70. The average molecular weight is 293 g/mol. The normalized spacial score (nSPS) is 10.4. The molecule has 100 valence electrons. The molecular formula is C12H15N5S2. The van der Waals surface area contributed by atoms with Gasteiger partial charge in [0.1, 0.15) is 4.99 Å². The number of nitrogens with two attached hydrogens (primary N) is 1. The van der Waals surface area contributed by atoms with Crippen molar-refractivity contribution in [3.8, 4) is 0 Å². The molecule has 2 aromatic rings. The van der Waals surface area contributed by atoms with Gasteiger partial charge in [0.15, 0.2) is 5.82 Å². The van der Waals surface area contributed by atoms with Gasteiger partial charge in [0.05, 0.1) is 22.5 Å². The van der Waals surface area contributed by atoms with Crippen LogP contribution in [0.25, 0.3) is 0 Å². The quantitative estimate of drug-likeness (QED) is 0.819. The van der Waals surface area contributed by atoms with E-state index in [0.29, 0.717) is 10.8 Å². The van der Waals surface area contributed by atoms with Gasteiger partial charge in [-0.05, 0) is 19.4 Å². The van der Waals surface area contributed by atoms with Crippen molar-refractivity contribution in [2.75, 3.05) is 11.9 Å². The van der Waals surface area contributed by atoms with Crippen molar-refractivity contribution < 1.29 is 0 Å². The fourth-order valence-corrected chi connectivity index (χ4v) is 2.55. The van der Waals surface area contributed by atoms with Crippen LogP contribution in [0.3, 0.4) is 0 Å². The van der Waals surface area contributed by atoms with Gasteiger partial charge >= 0.3 is 0 Å². The standard InChI is InChI=1S/C12H15N5S2/c1-7-8(2)16-17-12(10(7)11(13)18)14-4-3-9-5-19-6-15-9/h5-6H,3-4H2,1-2H3,(H2,13,18)(H,14,17). The van der Waals surface area contributed by atoms with Crippen LogP contribution in [-0.2, 0) is 6.42 Å². The summed E-state index contributed by atoms with van der Waals surface area (Å²) in [5, 5.41) is 13.5. The first-order valence-electron chi connectivity index (χ1n) is 5.84. The highest BCUT2D eigenvalue weighted by Gasteiger charge is 2.13. The van der Waals surface area contributed by atoms with Gasteiger partial charge in [-0.2, -0.15) is 5.10 Å². The zero-order valence-electron chi connectivity index (χ0n) is 10.8. The van der Waals surface area contributed by atoms with Crippen LogP contribution in [0, 0.1) is 13.8 Å². The Morgan fingerprint density at radius 3 is 2.84 bits per heavy atom. The van der Waals surface area contributed by atoms with Gasteiger partial charge in [-0.3, -0.25) is 0 Å². The summed E-state index contributed by atoms with van der Waals surface area (Å²) in [4.78, 5) is 4.57. The molecule has 19 heavy (non-hydrogen) atoms. The maximum absolute atomic E-state index is 5.76. The Labute approximate surface area is 121 Å². The lowest BCUT2D eigenvalue weighted by molar-refractivity contribution is 0.919. The maximum Gasteiger partial charge on any atom is 0.159 e. The topological polar surface area (TPSA) is 76.7 Å². The number of nitrogens with one attached hydrogen (secondary N) is 1. The van der Waals surface area contributed by atoms with E-state index in [9.17, 15) is 0 Å². The summed E-state index contributed by atoms with van der Waals surface area (Å²) >= 11 is 6.68. The second-order valence-corrected chi connectivity index (χ2v) is 5.31. The lowest BCUT2D eigenvalue weighted by Crippen LogP contribution is -2.19. The molecule has 0 bridgehead atoms. The van der Waals surface area contributed by atoms with Crippen molar-refractivity contribution in [3.63, 3.8) is 0 Å². The molecule has 0 aliphatic carbocycles. The number of thiazole rings is 1.